The summed E-state index contributed by atoms with van der Waals surface area (Å²) < 4.78 is 0. The number of aromatic nitrogens is 1. The van der Waals surface area contributed by atoms with Gasteiger partial charge in [0, 0.05) is 15.8 Å². The van der Waals surface area contributed by atoms with Crippen molar-refractivity contribution in [1.82, 2.24) is 4.98 Å². The van der Waals surface area contributed by atoms with Crippen LogP contribution < -0.4 is 0 Å². The van der Waals surface area contributed by atoms with Crippen LogP contribution in [0.3, 0.4) is 0 Å². The summed E-state index contributed by atoms with van der Waals surface area (Å²) in [5.41, 5.74) is 3.50. The summed E-state index contributed by atoms with van der Waals surface area (Å²) in [6.45, 7) is 6.32. The second kappa shape index (κ2) is 6.13. The molecule has 0 aliphatic carbocycles. The number of carboxylic acids is 1. The molecule has 0 spiro atoms. The van der Waals surface area contributed by atoms with Crippen LogP contribution >= 0.6 is 11.8 Å². The minimum Gasteiger partial charge on any atom is -0.477 e. The van der Waals surface area contributed by atoms with Crippen molar-refractivity contribution < 1.29 is 9.90 Å². The number of aryl methyl sites for hydroxylation is 1. The molecule has 0 fully saturated rings. The zero-order valence-corrected chi connectivity index (χ0v) is 14.2. The van der Waals surface area contributed by atoms with E-state index in [0.29, 0.717) is 5.92 Å². The van der Waals surface area contributed by atoms with Gasteiger partial charge in [-0.1, -0.05) is 49.9 Å². The van der Waals surface area contributed by atoms with Crippen molar-refractivity contribution in [3.8, 4) is 0 Å². The SMILES string of the molecule is Cc1ccc2c(Sc3ccc(C(C)C)cc3)c(C(=O)O)[nH]c2c1. The highest BCUT2D eigenvalue weighted by Gasteiger charge is 2.18. The number of fused-ring (bicyclic) bond motifs is 1. The van der Waals surface area contributed by atoms with Gasteiger partial charge in [0.25, 0.3) is 0 Å². The van der Waals surface area contributed by atoms with E-state index < -0.39 is 5.97 Å². The maximum Gasteiger partial charge on any atom is 0.353 e. The molecular weight excluding hydrogens is 306 g/mol. The Morgan fingerprint density at radius 2 is 1.83 bits per heavy atom. The molecule has 1 aromatic heterocycles. The molecule has 23 heavy (non-hydrogen) atoms. The van der Waals surface area contributed by atoms with Gasteiger partial charge in [0.1, 0.15) is 5.69 Å². The Hall–Kier alpha value is -2.20. The lowest BCUT2D eigenvalue weighted by molar-refractivity contribution is 0.0688. The van der Waals surface area contributed by atoms with Gasteiger partial charge in [-0.25, -0.2) is 4.79 Å². The molecule has 0 unspecified atom stereocenters. The number of aromatic carboxylic acids is 1. The number of hydrogen-bond acceptors (Lipinski definition) is 2. The molecule has 0 aliphatic heterocycles. The van der Waals surface area contributed by atoms with E-state index in [1.165, 1.54) is 17.3 Å². The van der Waals surface area contributed by atoms with Gasteiger partial charge in [0.2, 0.25) is 0 Å². The van der Waals surface area contributed by atoms with E-state index in [-0.39, 0.29) is 5.69 Å². The smallest absolute Gasteiger partial charge is 0.353 e. The molecule has 3 aromatic rings. The molecule has 0 atom stereocenters. The standard InChI is InChI=1S/C19H19NO2S/c1-11(2)13-5-7-14(8-6-13)23-18-15-9-4-12(3)10-16(15)20-17(18)19(21)22/h4-11,20H,1-3H3,(H,21,22). The lowest BCUT2D eigenvalue weighted by Gasteiger charge is -2.07. The number of nitrogens with one attached hydrogen (secondary N) is 1. The van der Waals surface area contributed by atoms with Crippen LogP contribution in [-0.2, 0) is 0 Å². The van der Waals surface area contributed by atoms with Crippen molar-refractivity contribution >= 4 is 28.6 Å². The van der Waals surface area contributed by atoms with Crippen molar-refractivity contribution in [2.75, 3.05) is 0 Å². The Labute approximate surface area is 139 Å². The third-order valence-corrected chi connectivity index (χ3v) is 5.02. The van der Waals surface area contributed by atoms with Crippen LogP contribution in [0.1, 0.15) is 41.4 Å². The molecular formula is C19H19NO2S. The number of carboxylic acid groups (broad SMARTS) is 1. The summed E-state index contributed by atoms with van der Waals surface area (Å²) in [7, 11) is 0. The summed E-state index contributed by atoms with van der Waals surface area (Å²) in [5.74, 6) is -0.445. The largest absolute Gasteiger partial charge is 0.477 e. The van der Waals surface area contributed by atoms with E-state index in [0.717, 1.165) is 26.3 Å². The average molecular weight is 325 g/mol. The van der Waals surface area contributed by atoms with E-state index in [1.807, 2.05) is 25.1 Å². The maximum atomic E-state index is 11.6. The van der Waals surface area contributed by atoms with Gasteiger partial charge >= 0.3 is 5.97 Å². The molecule has 0 aliphatic rings. The van der Waals surface area contributed by atoms with Crippen molar-refractivity contribution in [2.45, 2.75) is 36.5 Å². The predicted octanol–water partition coefficient (Wildman–Crippen LogP) is 5.45. The van der Waals surface area contributed by atoms with Crippen molar-refractivity contribution in [3.63, 3.8) is 0 Å². The fraction of sp³-hybridized carbons (Fsp3) is 0.211. The van der Waals surface area contributed by atoms with Crippen LogP contribution in [0.5, 0.6) is 0 Å². The minimum atomic E-state index is -0.930. The van der Waals surface area contributed by atoms with Gasteiger partial charge in [0.15, 0.2) is 0 Å². The normalized spacial score (nSPS) is 11.3. The van der Waals surface area contributed by atoms with Crippen LogP contribution in [-0.4, -0.2) is 16.1 Å². The van der Waals surface area contributed by atoms with E-state index in [1.54, 1.807) is 0 Å². The highest BCUT2D eigenvalue weighted by atomic mass is 32.2. The summed E-state index contributed by atoms with van der Waals surface area (Å²) >= 11 is 1.49. The van der Waals surface area contributed by atoms with E-state index >= 15 is 0 Å². The minimum absolute atomic E-state index is 0.253. The quantitative estimate of drug-likeness (QED) is 0.670. The molecule has 0 saturated heterocycles. The van der Waals surface area contributed by atoms with Gasteiger partial charge < -0.3 is 10.1 Å². The Bertz CT molecular complexity index is 863. The van der Waals surface area contributed by atoms with Crippen molar-refractivity contribution in [2.24, 2.45) is 0 Å². The topological polar surface area (TPSA) is 53.1 Å². The third kappa shape index (κ3) is 3.13. The summed E-state index contributed by atoms with van der Waals surface area (Å²) in [5, 5.41) is 10.4. The Balaban J connectivity index is 2.04. The first-order chi connectivity index (χ1) is 11.0. The maximum absolute atomic E-state index is 11.6. The monoisotopic (exact) mass is 325 g/mol. The van der Waals surface area contributed by atoms with E-state index in [9.17, 15) is 9.90 Å². The van der Waals surface area contributed by atoms with Crippen molar-refractivity contribution in [3.05, 3.63) is 59.3 Å². The molecule has 0 amide bonds. The highest BCUT2D eigenvalue weighted by Crippen LogP contribution is 2.37. The fourth-order valence-corrected chi connectivity index (χ4v) is 3.62. The fourth-order valence-electron chi connectivity index (χ4n) is 2.58. The Kier molecular flexibility index (Phi) is 4.18. The van der Waals surface area contributed by atoms with Gasteiger partial charge in [-0.15, -0.1) is 0 Å². The second-order valence-electron chi connectivity index (χ2n) is 6.01. The van der Waals surface area contributed by atoms with Gasteiger partial charge in [-0.05, 0) is 42.2 Å². The predicted molar refractivity (Wildman–Crippen MR) is 94.6 cm³/mol. The number of hydrogen-bond donors (Lipinski definition) is 2. The Morgan fingerprint density at radius 3 is 2.43 bits per heavy atom. The van der Waals surface area contributed by atoms with Gasteiger partial charge in [0.05, 0.1) is 4.90 Å². The number of rotatable bonds is 4. The molecule has 4 heteroatoms. The van der Waals surface area contributed by atoms with E-state index in [2.05, 4.69) is 43.1 Å². The number of H-pyrrole nitrogens is 1. The van der Waals surface area contributed by atoms with Crippen LogP contribution in [0, 0.1) is 6.92 Å². The van der Waals surface area contributed by atoms with Crippen LogP contribution in [0.15, 0.2) is 52.3 Å². The summed E-state index contributed by atoms with van der Waals surface area (Å²) in [6.07, 6.45) is 0. The highest BCUT2D eigenvalue weighted by molar-refractivity contribution is 7.99. The zero-order valence-electron chi connectivity index (χ0n) is 13.4. The molecule has 0 bridgehead atoms. The first-order valence-corrected chi connectivity index (χ1v) is 8.41. The average Bonchev–Trinajstić information content (AvgIpc) is 2.86. The lowest BCUT2D eigenvalue weighted by atomic mass is 10.0. The van der Waals surface area contributed by atoms with E-state index in [4.69, 9.17) is 0 Å². The van der Waals surface area contributed by atoms with Crippen LogP contribution in [0.2, 0.25) is 0 Å². The van der Waals surface area contributed by atoms with Gasteiger partial charge in [-0.3, -0.25) is 0 Å². The molecule has 2 aromatic carbocycles. The molecule has 0 radical (unpaired) electrons. The molecule has 3 nitrogen and oxygen atoms in total. The van der Waals surface area contributed by atoms with Crippen LogP contribution in [0.4, 0.5) is 0 Å². The molecule has 2 N–H and O–H groups in total. The molecule has 1 heterocycles. The number of carbonyl (C=O) groups is 1. The lowest BCUT2D eigenvalue weighted by Crippen LogP contribution is -1.97. The first-order valence-electron chi connectivity index (χ1n) is 7.59. The summed E-state index contributed by atoms with van der Waals surface area (Å²) in [4.78, 5) is 16.4. The van der Waals surface area contributed by atoms with Crippen LogP contribution in [0.25, 0.3) is 10.9 Å². The number of aromatic amines is 1. The van der Waals surface area contributed by atoms with Gasteiger partial charge in [-0.2, -0.15) is 0 Å². The molecule has 118 valence electrons. The first kappa shape index (κ1) is 15.7. The third-order valence-electron chi connectivity index (χ3n) is 3.89. The van der Waals surface area contributed by atoms with Crippen molar-refractivity contribution in [1.29, 1.82) is 0 Å². The molecule has 0 saturated carbocycles. The second-order valence-corrected chi connectivity index (χ2v) is 7.09. The zero-order chi connectivity index (χ0) is 16.6. The number of benzene rings is 2. The Morgan fingerprint density at radius 1 is 1.13 bits per heavy atom. The molecule has 3 rings (SSSR count). The summed E-state index contributed by atoms with van der Waals surface area (Å²) in [6, 6.07) is 14.3.